The van der Waals surface area contributed by atoms with Crippen molar-refractivity contribution in [2.45, 2.75) is 58.7 Å². The van der Waals surface area contributed by atoms with Gasteiger partial charge in [0.05, 0.1) is 0 Å². The maximum atomic E-state index is 9.38. The van der Waals surface area contributed by atoms with E-state index in [9.17, 15) is 10.0 Å². The van der Waals surface area contributed by atoms with Crippen LogP contribution in [-0.4, -0.2) is 17.2 Å². The van der Waals surface area contributed by atoms with Crippen molar-refractivity contribution in [2.75, 3.05) is 0 Å². The molecule has 1 aliphatic carbocycles. The van der Waals surface area contributed by atoms with Gasteiger partial charge in [-0.25, -0.2) is 0 Å². The van der Waals surface area contributed by atoms with Crippen LogP contribution in [0.1, 0.15) is 52.9 Å². The molecule has 2 N–H and O–H groups in total. The lowest BCUT2D eigenvalue weighted by Gasteiger charge is -2.32. The molecule has 0 heterocycles. The maximum absolute atomic E-state index is 9.38. The summed E-state index contributed by atoms with van der Waals surface area (Å²) in [6, 6.07) is 0. The van der Waals surface area contributed by atoms with Gasteiger partial charge in [-0.3, -0.25) is 0 Å². The van der Waals surface area contributed by atoms with E-state index in [0.717, 1.165) is 19.3 Å². The topological polar surface area (TPSA) is 40.5 Å². The lowest BCUT2D eigenvalue weighted by molar-refractivity contribution is 0.317. The molecule has 0 amide bonds. The van der Waals surface area contributed by atoms with Gasteiger partial charge in [0, 0.05) is 5.82 Å². The van der Waals surface area contributed by atoms with Crippen LogP contribution in [0.4, 0.5) is 0 Å². The van der Waals surface area contributed by atoms with Gasteiger partial charge in [-0.05, 0) is 32.6 Å². The Bertz CT molecular complexity index is 236. The van der Waals surface area contributed by atoms with Crippen molar-refractivity contribution in [3.05, 3.63) is 11.1 Å². The van der Waals surface area contributed by atoms with Gasteiger partial charge in [0.1, 0.15) is 0 Å². The second kappa shape index (κ2) is 5.71. The highest BCUT2D eigenvalue weighted by atomic mass is 16.4. The third-order valence-electron chi connectivity index (χ3n) is 3.76. The molecule has 15 heavy (non-hydrogen) atoms. The van der Waals surface area contributed by atoms with Crippen molar-refractivity contribution < 1.29 is 10.0 Å². The van der Waals surface area contributed by atoms with Crippen LogP contribution in [0.25, 0.3) is 0 Å². The zero-order chi connectivity index (χ0) is 11.4. The summed E-state index contributed by atoms with van der Waals surface area (Å²) in [6.07, 6.45) is 5.42. The van der Waals surface area contributed by atoms with E-state index in [4.69, 9.17) is 0 Å². The van der Waals surface area contributed by atoms with Crippen molar-refractivity contribution in [3.63, 3.8) is 0 Å². The van der Waals surface area contributed by atoms with E-state index >= 15 is 0 Å². The monoisotopic (exact) mass is 210 g/mol. The van der Waals surface area contributed by atoms with Gasteiger partial charge in [0.2, 0.25) is 0 Å². The summed E-state index contributed by atoms with van der Waals surface area (Å²) >= 11 is 0. The molecule has 0 aliphatic heterocycles. The molecule has 0 radical (unpaired) electrons. The Morgan fingerprint density at radius 2 is 1.80 bits per heavy atom. The molecule has 0 unspecified atom stereocenters. The highest BCUT2D eigenvalue weighted by molar-refractivity contribution is 6.43. The quantitative estimate of drug-likeness (QED) is 0.553. The molecule has 0 aromatic heterocycles. The maximum Gasteiger partial charge on any atom is 0.455 e. The second-order valence-electron chi connectivity index (χ2n) is 4.95. The van der Waals surface area contributed by atoms with Gasteiger partial charge in [-0.2, -0.15) is 0 Å². The summed E-state index contributed by atoms with van der Waals surface area (Å²) in [5, 5.41) is 18.8. The normalized spacial score (nSPS) is 27.0. The van der Waals surface area contributed by atoms with Gasteiger partial charge in [0.15, 0.2) is 0 Å². The Labute approximate surface area is 93.5 Å². The molecular weight excluding hydrogens is 187 g/mol. The minimum absolute atomic E-state index is 0.0558. The summed E-state index contributed by atoms with van der Waals surface area (Å²) in [5.74, 6) is 0.522. The summed E-state index contributed by atoms with van der Waals surface area (Å²) in [5.41, 5.74) is 2.80. The van der Waals surface area contributed by atoms with E-state index in [2.05, 4.69) is 20.8 Å². The zero-order valence-electron chi connectivity index (χ0n) is 10.2. The van der Waals surface area contributed by atoms with Gasteiger partial charge < -0.3 is 10.0 Å². The standard InChI is InChI=1S/C12H23BO2/c1-4-5-6-11-7-9(2)10(3)8-12(11)13(14)15/h11-12,14-15H,4-8H2,1-3H3/t11-,12-/m1/s1. The highest BCUT2D eigenvalue weighted by Gasteiger charge is 2.34. The minimum atomic E-state index is -1.14. The van der Waals surface area contributed by atoms with Crippen LogP contribution in [0.5, 0.6) is 0 Å². The molecule has 1 rings (SSSR count). The highest BCUT2D eigenvalue weighted by Crippen LogP contribution is 2.41. The molecule has 0 saturated carbocycles. The van der Waals surface area contributed by atoms with E-state index in [-0.39, 0.29) is 5.82 Å². The first-order valence-electron chi connectivity index (χ1n) is 6.07. The van der Waals surface area contributed by atoms with Crippen molar-refractivity contribution in [2.24, 2.45) is 5.92 Å². The second-order valence-corrected chi connectivity index (χ2v) is 4.95. The predicted octanol–water partition coefficient (Wildman–Crippen LogP) is 2.77. The Kier molecular flexibility index (Phi) is 4.87. The minimum Gasteiger partial charge on any atom is -0.427 e. The largest absolute Gasteiger partial charge is 0.455 e. The Morgan fingerprint density at radius 3 is 2.33 bits per heavy atom. The Hall–Kier alpha value is -0.275. The SMILES string of the molecule is CCCC[C@@H]1CC(C)=C(C)C[C@H]1B(O)O. The van der Waals surface area contributed by atoms with Crippen LogP contribution in [0.2, 0.25) is 5.82 Å². The van der Waals surface area contributed by atoms with Crippen LogP contribution < -0.4 is 0 Å². The van der Waals surface area contributed by atoms with E-state index in [1.807, 2.05) is 0 Å². The van der Waals surface area contributed by atoms with Crippen LogP contribution in [0.15, 0.2) is 11.1 Å². The van der Waals surface area contributed by atoms with Crippen molar-refractivity contribution >= 4 is 7.12 Å². The fourth-order valence-electron chi connectivity index (χ4n) is 2.54. The van der Waals surface area contributed by atoms with E-state index in [1.165, 1.54) is 24.0 Å². The van der Waals surface area contributed by atoms with Crippen LogP contribution >= 0.6 is 0 Å². The molecule has 0 bridgehead atoms. The molecule has 2 nitrogen and oxygen atoms in total. The molecule has 3 heteroatoms. The zero-order valence-corrected chi connectivity index (χ0v) is 10.2. The Morgan fingerprint density at radius 1 is 1.20 bits per heavy atom. The summed E-state index contributed by atoms with van der Waals surface area (Å²) < 4.78 is 0. The Balaban J connectivity index is 2.66. The first kappa shape index (κ1) is 12.8. The fourth-order valence-corrected chi connectivity index (χ4v) is 2.54. The van der Waals surface area contributed by atoms with E-state index in [0.29, 0.717) is 5.92 Å². The van der Waals surface area contributed by atoms with Crippen molar-refractivity contribution in [1.29, 1.82) is 0 Å². The number of hydrogen-bond donors (Lipinski definition) is 2. The average molecular weight is 210 g/mol. The molecule has 0 saturated heterocycles. The lowest BCUT2D eigenvalue weighted by Crippen LogP contribution is -2.30. The van der Waals surface area contributed by atoms with Gasteiger partial charge in [-0.15, -0.1) is 0 Å². The molecule has 1 aliphatic rings. The first-order chi connectivity index (χ1) is 7.06. The molecular formula is C12H23BO2. The van der Waals surface area contributed by atoms with Crippen molar-refractivity contribution in [1.82, 2.24) is 0 Å². The molecule has 0 spiro atoms. The number of hydrogen-bond acceptors (Lipinski definition) is 2. The number of rotatable bonds is 4. The van der Waals surface area contributed by atoms with Gasteiger partial charge >= 0.3 is 7.12 Å². The molecule has 0 aromatic carbocycles. The lowest BCUT2D eigenvalue weighted by atomic mass is 9.58. The van der Waals surface area contributed by atoms with Crippen LogP contribution in [0.3, 0.4) is 0 Å². The van der Waals surface area contributed by atoms with Crippen LogP contribution in [0, 0.1) is 5.92 Å². The van der Waals surface area contributed by atoms with E-state index in [1.54, 1.807) is 0 Å². The first-order valence-corrected chi connectivity index (χ1v) is 6.07. The third-order valence-corrected chi connectivity index (χ3v) is 3.76. The number of unbranched alkanes of at least 4 members (excludes halogenated alkanes) is 1. The summed E-state index contributed by atoms with van der Waals surface area (Å²) in [7, 11) is -1.14. The molecule has 0 aromatic rings. The fraction of sp³-hybridized carbons (Fsp3) is 0.833. The van der Waals surface area contributed by atoms with Crippen LogP contribution in [-0.2, 0) is 0 Å². The molecule has 86 valence electrons. The van der Waals surface area contributed by atoms with Gasteiger partial charge in [0.25, 0.3) is 0 Å². The van der Waals surface area contributed by atoms with Crippen molar-refractivity contribution in [3.8, 4) is 0 Å². The smallest absolute Gasteiger partial charge is 0.427 e. The van der Waals surface area contributed by atoms with Gasteiger partial charge in [-0.1, -0.05) is 37.3 Å². The van der Waals surface area contributed by atoms with E-state index < -0.39 is 7.12 Å². The average Bonchev–Trinajstić information content (AvgIpc) is 2.19. The summed E-state index contributed by atoms with van der Waals surface area (Å²) in [6.45, 7) is 6.47. The summed E-state index contributed by atoms with van der Waals surface area (Å²) in [4.78, 5) is 0. The molecule has 0 fully saturated rings. The predicted molar refractivity (Wildman–Crippen MR) is 64.6 cm³/mol. The third kappa shape index (κ3) is 3.35. The number of allylic oxidation sites excluding steroid dienone is 2. The molecule has 2 atom stereocenters.